The van der Waals surface area contributed by atoms with Crippen LogP contribution in [0.15, 0.2) is 51.0 Å². The summed E-state index contributed by atoms with van der Waals surface area (Å²) < 4.78 is 6.29. The van der Waals surface area contributed by atoms with Crippen LogP contribution in [-0.2, 0) is 11.3 Å². The topological polar surface area (TPSA) is 103 Å². The van der Waals surface area contributed by atoms with Crippen LogP contribution in [0.2, 0.25) is 0 Å². The Bertz CT molecular complexity index is 1190. The average molecular weight is 442 g/mol. The second-order valence-electron chi connectivity index (χ2n) is 6.86. The van der Waals surface area contributed by atoms with E-state index < -0.39 is 5.76 Å². The third-order valence-corrected chi connectivity index (χ3v) is 6.13. The summed E-state index contributed by atoms with van der Waals surface area (Å²) in [5.41, 5.74) is 2.20. The van der Waals surface area contributed by atoms with E-state index in [-0.39, 0.29) is 24.8 Å². The van der Waals surface area contributed by atoms with Crippen LogP contribution in [0.3, 0.4) is 0 Å². The van der Waals surface area contributed by atoms with E-state index in [1.54, 1.807) is 0 Å². The van der Waals surface area contributed by atoms with Gasteiger partial charge in [-0.05, 0) is 22.9 Å². The Hall–Kier alpha value is -3.11. The minimum atomic E-state index is -0.589. The molecule has 0 radical (unpaired) electrons. The molecule has 0 aliphatic heterocycles. The highest BCUT2D eigenvalue weighted by Crippen LogP contribution is 2.28. The molecule has 0 spiro atoms. The first kappa shape index (κ1) is 20.2. The fourth-order valence-electron chi connectivity index (χ4n) is 2.74. The molecule has 0 bridgehead atoms. The zero-order valence-electron chi connectivity index (χ0n) is 16.4. The number of carbonyl (C=O) groups is 1. The largest absolute Gasteiger partial charge is 0.437 e. The number of nitrogens with one attached hydrogen (secondary N) is 1. The Balaban J connectivity index is 1.35. The molecular formula is C20H19N5O3S2. The highest BCUT2D eigenvalue weighted by Gasteiger charge is 2.14. The molecule has 30 heavy (non-hydrogen) atoms. The molecule has 0 aliphatic carbocycles. The number of anilines is 1. The normalized spacial score (nSPS) is 11.2. The Morgan fingerprint density at radius 1 is 1.20 bits per heavy atom. The maximum Gasteiger partial charge on any atom is 0.437 e. The van der Waals surface area contributed by atoms with Gasteiger partial charge in [-0.15, -0.1) is 26.6 Å². The second-order valence-corrected chi connectivity index (χ2v) is 8.79. The molecule has 0 saturated heterocycles. The van der Waals surface area contributed by atoms with Crippen molar-refractivity contribution < 1.29 is 9.21 Å². The van der Waals surface area contributed by atoms with E-state index in [2.05, 4.69) is 46.6 Å². The van der Waals surface area contributed by atoms with E-state index in [4.69, 9.17) is 4.42 Å². The van der Waals surface area contributed by atoms with Crippen molar-refractivity contribution in [2.24, 2.45) is 0 Å². The highest BCUT2D eigenvalue weighted by molar-refractivity contribution is 7.18. The van der Waals surface area contributed by atoms with Crippen molar-refractivity contribution in [3.63, 3.8) is 0 Å². The molecule has 3 heterocycles. The summed E-state index contributed by atoms with van der Waals surface area (Å²) in [6.45, 7) is 4.40. The van der Waals surface area contributed by atoms with Gasteiger partial charge in [0, 0.05) is 12.0 Å². The molecule has 0 unspecified atom stereocenters. The lowest BCUT2D eigenvalue weighted by atomic mass is 10.0. The van der Waals surface area contributed by atoms with E-state index in [1.807, 2.05) is 29.6 Å². The Labute approximate surface area is 180 Å². The van der Waals surface area contributed by atoms with Crippen LogP contribution in [0, 0.1) is 0 Å². The summed E-state index contributed by atoms with van der Waals surface area (Å²) in [4.78, 5) is 24.9. The van der Waals surface area contributed by atoms with Crippen molar-refractivity contribution in [2.45, 2.75) is 32.7 Å². The van der Waals surface area contributed by atoms with Crippen LogP contribution in [0.5, 0.6) is 0 Å². The minimum absolute atomic E-state index is 0.0638. The number of amides is 1. The van der Waals surface area contributed by atoms with Crippen LogP contribution in [0.25, 0.3) is 21.3 Å². The SMILES string of the molecule is CC(C)c1ccc(-c2nnc(NC(=O)CCn3nc(-c4cccs4)oc3=O)s2)cc1. The number of benzene rings is 1. The van der Waals surface area contributed by atoms with E-state index in [0.717, 1.165) is 20.1 Å². The monoisotopic (exact) mass is 441 g/mol. The van der Waals surface area contributed by atoms with Crippen molar-refractivity contribution in [2.75, 3.05) is 5.32 Å². The first-order chi connectivity index (χ1) is 14.5. The van der Waals surface area contributed by atoms with Crippen molar-refractivity contribution >= 4 is 33.7 Å². The van der Waals surface area contributed by atoms with E-state index in [9.17, 15) is 9.59 Å². The van der Waals surface area contributed by atoms with Crippen LogP contribution < -0.4 is 11.1 Å². The summed E-state index contributed by atoms with van der Waals surface area (Å²) in [5.74, 6) is -0.149. The zero-order chi connectivity index (χ0) is 21.1. The lowest BCUT2D eigenvalue weighted by molar-refractivity contribution is -0.116. The molecule has 8 nitrogen and oxygen atoms in total. The van der Waals surface area contributed by atoms with Gasteiger partial charge < -0.3 is 9.73 Å². The fourth-order valence-corrected chi connectivity index (χ4v) is 4.15. The maximum atomic E-state index is 12.3. The molecule has 4 aromatic rings. The average Bonchev–Trinajstić information content (AvgIpc) is 3.48. The van der Waals surface area contributed by atoms with Gasteiger partial charge in [-0.25, -0.2) is 4.79 Å². The fraction of sp³-hybridized carbons (Fsp3) is 0.250. The predicted octanol–water partition coefficient (Wildman–Crippen LogP) is 4.24. The van der Waals surface area contributed by atoms with E-state index >= 15 is 0 Å². The lowest BCUT2D eigenvalue weighted by Gasteiger charge is -2.04. The summed E-state index contributed by atoms with van der Waals surface area (Å²) in [6, 6.07) is 11.8. The quantitative estimate of drug-likeness (QED) is 0.460. The number of rotatable bonds is 7. The van der Waals surface area contributed by atoms with E-state index in [0.29, 0.717) is 11.0 Å². The van der Waals surface area contributed by atoms with Crippen LogP contribution in [0.1, 0.15) is 31.7 Å². The molecular weight excluding hydrogens is 422 g/mol. The molecule has 3 aromatic heterocycles. The van der Waals surface area contributed by atoms with Crippen molar-refractivity contribution in [3.8, 4) is 21.3 Å². The number of hydrogen-bond donors (Lipinski definition) is 1. The Morgan fingerprint density at radius 3 is 2.70 bits per heavy atom. The third-order valence-electron chi connectivity index (χ3n) is 4.38. The van der Waals surface area contributed by atoms with Gasteiger partial charge in [0.2, 0.25) is 11.0 Å². The smallest absolute Gasteiger partial charge is 0.387 e. The van der Waals surface area contributed by atoms with Gasteiger partial charge in [0.15, 0.2) is 0 Å². The van der Waals surface area contributed by atoms with Gasteiger partial charge in [-0.1, -0.05) is 55.5 Å². The Morgan fingerprint density at radius 2 is 2.00 bits per heavy atom. The molecule has 154 valence electrons. The van der Waals surface area contributed by atoms with Crippen molar-refractivity contribution in [1.82, 2.24) is 20.0 Å². The predicted molar refractivity (Wildman–Crippen MR) is 117 cm³/mol. The summed E-state index contributed by atoms with van der Waals surface area (Å²) in [7, 11) is 0. The zero-order valence-corrected chi connectivity index (χ0v) is 18.0. The summed E-state index contributed by atoms with van der Waals surface area (Å²) >= 11 is 2.73. The number of thiophene rings is 1. The van der Waals surface area contributed by atoms with Crippen molar-refractivity contribution in [3.05, 3.63) is 57.9 Å². The molecule has 10 heteroatoms. The van der Waals surface area contributed by atoms with Gasteiger partial charge in [0.05, 0.1) is 11.4 Å². The number of carbonyl (C=O) groups excluding carboxylic acids is 1. The van der Waals surface area contributed by atoms with Gasteiger partial charge in [-0.2, -0.15) is 4.68 Å². The maximum absolute atomic E-state index is 12.3. The molecule has 1 amide bonds. The first-order valence-electron chi connectivity index (χ1n) is 9.35. The molecule has 0 aliphatic rings. The molecule has 0 atom stereocenters. The first-order valence-corrected chi connectivity index (χ1v) is 11.0. The molecule has 0 fully saturated rings. The second kappa shape index (κ2) is 8.72. The van der Waals surface area contributed by atoms with Gasteiger partial charge in [0.25, 0.3) is 5.89 Å². The van der Waals surface area contributed by atoms with Crippen LogP contribution >= 0.6 is 22.7 Å². The van der Waals surface area contributed by atoms with Crippen LogP contribution in [0.4, 0.5) is 5.13 Å². The number of aryl methyl sites for hydroxylation is 1. The third kappa shape index (κ3) is 4.55. The molecule has 1 aromatic carbocycles. The Kier molecular flexibility index (Phi) is 5.86. The molecule has 1 N–H and O–H groups in total. The van der Waals surface area contributed by atoms with Gasteiger partial charge in [0.1, 0.15) is 5.01 Å². The van der Waals surface area contributed by atoms with Crippen molar-refractivity contribution in [1.29, 1.82) is 0 Å². The van der Waals surface area contributed by atoms with E-state index in [1.165, 1.54) is 28.2 Å². The number of hydrogen-bond acceptors (Lipinski definition) is 8. The molecule has 0 saturated carbocycles. The van der Waals surface area contributed by atoms with Gasteiger partial charge in [-0.3, -0.25) is 4.79 Å². The highest BCUT2D eigenvalue weighted by atomic mass is 32.1. The summed E-state index contributed by atoms with van der Waals surface area (Å²) in [5, 5.41) is 18.1. The summed E-state index contributed by atoms with van der Waals surface area (Å²) in [6.07, 6.45) is 0.0638. The van der Waals surface area contributed by atoms with Crippen LogP contribution in [-0.4, -0.2) is 25.9 Å². The number of aromatic nitrogens is 4. The standard InChI is InChI=1S/C20H19N5O3S2/c1-12(2)13-5-7-14(8-6-13)18-22-23-19(30-18)21-16(26)9-10-25-20(27)28-17(24-25)15-4-3-11-29-15/h3-8,11-12H,9-10H2,1-2H3,(H,21,23,26). The lowest BCUT2D eigenvalue weighted by Crippen LogP contribution is -2.20. The molecule has 4 rings (SSSR count). The number of nitrogens with zero attached hydrogens (tertiary/aromatic N) is 4. The van der Waals surface area contributed by atoms with Gasteiger partial charge >= 0.3 is 5.76 Å². The minimum Gasteiger partial charge on any atom is -0.387 e.